The van der Waals surface area contributed by atoms with Crippen LogP contribution < -0.4 is 0 Å². The fraction of sp³-hybridized carbons (Fsp3) is 0.500. The molecule has 2 aliphatic rings. The van der Waals surface area contributed by atoms with Crippen LogP contribution in [0.15, 0.2) is 47.8 Å². The molecule has 0 amide bonds. The maximum atomic E-state index is 11.6. The Balaban J connectivity index is 1.61. The molecular formula is C20H25NOS. The summed E-state index contributed by atoms with van der Waals surface area (Å²) in [6.07, 6.45) is 5.78. The molecule has 4 rings (SSSR count). The van der Waals surface area contributed by atoms with E-state index in [1.54, 1.807) is 0 Å². The molecule has 23 heavy (non-hydrogen) atoms. The molecule has 1 N–H and O–H groups in total. The number of hydrogen-bond donors (Lipinski definition) is 1. The molecule has 1 aromatic carbocycles. The van der Waals surface area contributed by atoms with Crippen molar-refractivity contribution in [2.24, 2.45) is 5.92 Å². The van der Waals surface area contributed by atoms with E-state index >= 15 is 0 Å². The van der Waals surface area contributed by atoms with E-state index in [0.717, 1.165) is 31.5 Å². The van der Waals surface area contributed by atoms with Gasteiger partial charge in [-0.3, -0.25) is 4.90 Å². The van der Waals surface area contributed by atoms with Gasteiger partial charge >= 0.3 is 0 Å². The van der Waals surface area contributed by atoms with Gasteiger partial charge in [0.15, 0.2) is 0 Å². The molecule has 0 spiro atoms. The van der Waals surface area contributed by atoms with Gasteiger partial charge in [0.1, 0.15) is 0 Å². The molecule has 3 heteroatoms. The van der Waals surface area contributed by atoms with Crippen molar-refractivity contribution in [1.82, 2.24) is 4.90 Å². The minimum absolute atomic E-state index is 0.368. The summed E-state index contributed by atoms with van der Waals surface area (Å²) in [7, 11) is 0. The predicted molar refractivity (Wildman–Crippen MR) is 95.4 cm³/mol. The smallest absolute Gasteiger partial charge is 0.0951 e. The van der Waals surface area contributed by atoms with Crippen molar-refractivity contribution < 1.29 is 5.11 Å². The highest BCUT2D eigenvalue weighted by Gasteiger charge is 2.48. The molecule has 0 unspecified atom stereocenters. The van der Waals surface area contributed by atoms with Crippen molar-refractivity contribution in [2.45, 2.75) is 50.3 Å². The Morgan fingerprint density at radius 3 is 2.70 bits per heavy atom. The number of aliphatic hydroxyl groups is 1. The van der Waals surface area contributed by atoms with Crippen LogP contribution in [0.4, 0.5) is 0 Å². The van der Waals surface area contributed by atoms with E-state index in [4.69, 9.17) is 0 Å². The Bertz CT molecular complexity index is 626. The van der Waals surface area contributed by atoms with Crippen LogP contribution in [0, 0.1) is 5.92 Å². The normalized spacial score (nSPS) is 31.7. The lowest BCUT2D eigenvalue weighted by molar-refractivity contribution is -0.122. The molecule has 1 saturated heterocycles. The summed E-state index contributed by atoms with van der Waals surface area (Å²) in [4.78, 5) is 4.08. The lowest BCUT2D eigenvalue weighted by atomic mass is 9.66. The van der Waals surface area contributed by atoms with Crippen molar-refractivity contribution in [1.29, 1.82) is 0 Å². The van der Waals surface area contributed by atoms with Gasteiger partial charge in [-0.2, -0.15) is 0 Å². The van der Waals surface area contributed by atoms with Crippen LogP contribution in [0.2, 0.25) is 0 Å². The van der Waals surface area contributed by atoms with E-state index in [1.165, 1.54) is 24.1 Å². The molecule has 122 valence electrons. The first kappa shape index (κ1) is 15.4. The third kappa shape index (κ3) is 2.86. The topological polar surface area (TPSA) is 23.5 Å². The van der Waals surface area contributed by atoms with Crippen molar-refractivity contribution >= 4 is 11.3 Å². The van der Waals surface area contributed by atoms with Crippen LogP contribution in [-0.4, -0.2) is 22.6 Å². The van der Waals surface area contributed by atoms with Crippen molar-refractivity contribution in [3.63, 3.8) is 0 Å². The van der Waals surface area contributed by atoms with Crippen LogP contribution in [0.3, 0.4) is 0 Å². The minimum atomic E-state index is -0.641. The largest absolute Gasteiger partial charge is 0.385 e. The van der Waals surface area contributed by atoms with Gasteiger partial charge in [-0.1, -0.05) is 49.2 Å². The zero-order valence-corrected chi connectivity index (χ0v) is 14.3. The zero-order valence-electron chi connectivity index (χ0n) is 13.5. The predicted octanol–water partition coefficient (Wildman–Crippen LogP) is 4.40. The molecule has 1 aliphatic carbocycles. The second kappa shape index (κ2) is 6.39. The van der Waals surface area contributed by atoms with E-state index < -0.39 is 5.60 Å². The third-order valence-electron chi connectivity index (χ3n) is 5.80. The van der Waals surface area contributed by atoms with E-state index in [1.807, 2.05) is 17.4 Å². The van der Waals surface area contributed by atoms with Gasteiger partial charge < -0.3 is 5.11 Å². The van der Waals surface area contributed by atoms with Crippen molar-refractivity contribution in [2.75, 3.05) is 6.54 Å². The number of piperidine rings is 1. The molecule has 2 nitrogen and oxygen atoms in total. The summed E-state index contributed by atoms with van der Waals surface area (Å²) in [5.74, 6) is 0.368. The number of likely N-dealkylation sites (tertiary alicyclic amines) is 1. The molecule has 2 fully saturated rings. The Labute approximate surface area is 142 Å². The maximum Gasteiger partial charge on any atom is 0.0951 e. The summed E-state index contributed by atoms with van der Waals surface area (Å²) in [6, 6.07) is 15.3. The van der Waals surface area contributed by atoms with Gasteiger partial charge in [0.25, 0.3) is 0 Å². The highest BCUT2D eigenvalue weighted by molar-refractivity contribution is 7.09. The molecule has 1 aliphatic heterocycles. The number of thiophene rings is 1. The SMILES string of the molecule is O[C@]1(c2ccccc2)CCN(Cc2cccs2)[C@@H]2CCCC[C@H]21. The second-order valence-electron chi connectivity index (χ2n) is 7.05. The van der Waals surface area contributed by atoms with Gasteiger partial charge in [-0.05, 0) is 36.3 Å². The summed E-state index contributed by atoms with van der Waals surface area (Å²) >= 11 is 1.85. The van der Waals surface area contributed by atoms with Crippen LogP contribution in [-0.2, 0) is 12.1 Å². The van der Waals surface area contributed by atoms with Gasteiger partial charge in [-0.15, -0.1) is 11.3 Å². The molecule has 0 bridgehead atoms. The second-order valence-corrected chi connectivity index (χ2v) is 8.08. The van der Waals surface area contributed by atoms with Crippen molar-refractivity contribution in [3.05, 3.63) is 58.3 Å². The van der Waals surface area contributed by atoms with Gasteiger partial charge in [0.2, 0.25) is 0 Å². The molecule has 3 atom stereocenters. The molecule has 1 saturated carbocycles. The van der Waals surface area contributed by atoms with Gasteiger partial charge in [0, 0.05) is 29.9 Å². The number of benzene rings is 1. The summed E-state index contributed by atoms with van der Waals surface area (Å²) in [6.45, 7) is 2.04. The highest BCUT2D eigenvalue weighted by Crippen LogP contribution is 2.47. The van der Waals surface area contributed by atoms with Crippen LogP contribution in [0.1, 0.15) is 42.5 Å². The highest BCUT2D eigenvalue weighted by atomic mass is 32.1. The fourth-order valence-corrected chi connectivity index (χ4v) is 5.38. The van der Waals surface area contributed by atoms with E-state index in [2.05, 4.69) is 46.7 Å². The van der Waals surface area contributed by atoms with E-state index in [-0.39, 0.29) is 0 Å². The average Bonchev–Trinajstić information content (AvgIpc) is 3.12. The first-order chi connectivity index (χ1) is 11.3. The number of rotatable bonds is 3. The molecule has 0 radical (unpaired) electrons. The maximum absolute atomic E-state index is 11.6. The lowest BCUT2D eigenvalue weighted by Crippen LogP contribution is -2.57. The number of fused-ring (bicyclic) bond motifs is 1. The quantitative estimate of drug-likeness (QED) is 0.903. The fourth-order valence-electron chi connectivity index (χ4n) is 4.65. The zero-order chi connectivity index (χ0) is 15.7. The van der Waals surface area contributed by atoms with Crippen LogP contribution >= 0.6 is 11.3 Å². The number of nitrogens with zero attached hydrogens (tertiary/aromatic N) is 1. The van der Waals surface area contributed by atoms with Gasteiger partial charge in [-0.25, -0.2) is 0 Å². The van der Waals surface area contributed by atoms with Crippen LogP contribution in [0.5, 0.6) is 0 Å². The van der Waals surface area contributed by atoms with Crippen LogP contribution in [0.25, 0.3) is 0 Å². The summed E-state index contributed by atoms with van der Waals surface area (Å²) in [5, 5.41) is 13.7. The standard InChI is InChI=1S/C20H25NOS/c22-20(16-7-2-1-3-8-16)12-13-21(15-17-9-6-14-23-17)19-11-5-4-10-18(19)20/h1-3,6-9,14,18-19,22H,4-5,10-13,15H2/t18-,19-,20+/m1/s1. The molecule has 2 aromatic rings. The van der Waals surface area contributed by atoms with Gasteiger partial charge in [0.05, 0.1) is 5.60 Å². The number of hydrogen-bond acceptors (Lipinski definition) is 3. The lowest BCUT2D eigenvalue weighted by Gasteiger charge is -2.52. The summed E-state index contributed by atoms with van der Waals surface area (Å²) < 4.78 is 0. The molecule has 1 aromatic heterocycles. The molecule has 2 heterocycles. The average molecular weight is 327 g/mol. The Morgan fingerprint density at radius 1 is 1.09 bits per heavy atom. The first-order valence-corrected chi connectivity index (χ1v) is 9.70. The Hall–Kier alpha value is -1.16. The third-order valence-corrected chi connectivity index (χ3v) is 6.67. The Kier molecular flexibility index (Phi) is 4.27. The van der Waals surface area contributed by atoms with E-state index in [0.29, 0.717) is 12.0 Å². The summed E-state index contributed by atoms with van der Waals surface area (Å²) in [5.41, 5.74) is 0.478. The molecular weight excluding hydrogens is 302 g/mol. The van der Waals surface area contributed by atoms with E-state index in [9.17, 15) is 5.11 Å². The monoisotopic (exact) mass is 327 g/mol. The van der Waals surface area contributed by atoms with Crippen molar-refractivity contribution in [3.8, 4) is 0 Å². The first-order valence-electron chi connectivity index (χ1n) is 8.82. The minimum Gasteiger partial charge on any atom is -0.385 e. The Morgan fingerprint density at radius 2 is 1.91 bits per heavy atom.